The van der Waals surface area contributed by atoms with Gasteiger partial charge in [-0.15, -0.1) is 0 Å². The van der Waals surface area contributed by atoms with Gasteiger partial charge in [-0.2, -0.15) is 5.10 Å². The standard InChI is InChI=1S/C13H18N4O/c1-4-17-9-12(8-16-17)18-13-10(2)5-11(6-14-3)7-15-13/h5,7-9,14H,4,6H2,1-3H3. The van der Waals surface area contributed by atoms with Crippen molar-refractivity contribution in [3.63, 3.8) is 0 Å². The molecule has 0 bridgehead atoms. The van der Waals surface area contributed by atoms with Crippen LogP contribution in [0.2, 0.25) is 0 Å². The van der Waals surface area contributed by atoms with E-state index in [1.807, 2.05) is 38.0 Å². The zero-order valence-corrected chi connectivity index (χ0v) is 11.0. The molecule has 0 unspecified atom stereocenters. The minimum absolute atomic E-state index is 0.630. The first kappa shape index (κ1) is 12.6. The van der Waals surface area contributed by atoms with Gasteiger partial charge in [0.15, 0.2) is 5.75 Å². The highest BCUT2D eigenvalue weighted by atomic mass is 16.5. The lowest BCUT2D eigenvalue weighted by molar-refractivity contribution is 0.457. The molecule has 18 heavy (non-hydrogen) atoms. The maximum Gasteiger partial charge on any atom is 0.222 e. The molecule has 0 aliphatic heterocycles. The van der Waals surface area contributed by atoms with Gasteiger partial charge in [-0.3, -0.25) is 4.68 Å². The van der Waals surface area contributed by atoms with Crippen LogP contribution in [0, 0.1) is 6.92 Å². The molecule has 2 aromatic heterocycles. The molecule has 2 rings (SSSR count). The summed E-state index contributed by atoms with van der Waals surface area (Å²) in [7, 11) is 1.92. The van der Waals surface area contributed by atoms with E-state index in [4.69, 9.17) is 4.74 Å². The average molecular weight is 246 g/mol. The summed E-state index contributed by atoms with van der Waals surface area (Å²) in [4.78, 5) is 4.33. The number of hydrogen-bond donors (Lipinski definition) is 1. The fourth-order valence-corrected chi connectivity index (χ4v) is 1.71. The Morgan fingerprint density at radius 2 is 2.22 bits per heavy atom. The molecule has 0 atom stereocenters. The molecule has 0 saturated heterocycles. The highest BCUT2D eigenvalue weighted by Crippen LogP contribution is 2.22. The van der Waals surface area contributed by atoms with Crippen molar-refractivity contribution in [2.24, 2.45) is 0 Å². The van der Waals surface area contributed by atoms with Crippen LogP contribution in [-0.4, -0.2) is 21.8 Å². The van der Waals surface area contributed by atoms with Crippen molar-refractivity contribution in [2.45, 2.75) is 26.9 Å². The molecule has 2 aromatic rings. The summed E-state index contributed by atoms with van der Waals surface area (Å²) in [5.74, 6) is 1.35. The number of pyridine rings is 1. The molecule has 5 nitrogen and oxygen atoms in total. The molecule has 0 aliphatic rings. The van der Waals surface area contributed by atoms with Gasteiger partial charge >= 0.3 is 0 Å². The highest BCUT2D eigenvalue weighted by Gasteiger charge is 2.06. The summed E-state index contributed by atoms with van der Waals surface area (Å²) in [5, 5.41) is 7.26. The Morgan fingerprint density at radius 3 is 2.83 bits per heavy atom. The monoisotopic (exact) mass is 246 g/mol. The van der Waals surface area contributed by atoms with E-state index in [0.29, 0.717) is 11.6 Å². The minimum atomic E-state index is 0.630. The van der Waals surface area contributed by atoms with E-state index in [1.54, 1.807) is 6.20 Å². The molecule has 0 amide bonds. The number of aromatic nitrogens is 3. The smallest absolute Gasteiger partial charge is 0.222 e. The summed E-state index contributed by atoms with van der Waals surface area (Å²) in [6, 6.07) is 2.07. The van der Waals surface area contributed by atoms with Crippen molar-refractivity contribution < 1.29 is 4.74 Å². The largest absolute Gasteiger partial charge is 0.435 e. The van der Waals surface area contributed by atoms with Crippen LogP contribution in [0.5, 0.6) is 11.6 Å². The van der Waals surface area contributed by atoms with Crippen molar-refractivity contribution in [2.75, 3.05) is 7.05 Å². The Morgan fingerprint density at radius 1 is 1.39 bits per heavy atom. The SMILES string of the molecule is CCn1cc(Oc2ncc(CNC)cc2C)cn1. The zero-order valence-electron chi connectivity index (χ0n) is 11.0. The van der Waals surface area contributed by atoms with E-state index >= 15 is 0 Å². The fraction of sp³-hybridized carbons (Fsp3) is 0.385. The van der Waals surface area contributed by atoms with Gasteiger partial charge in [0, 0.05) is 24.8 Å². The maximum atomic E-state index is 5.71. The lowest BCUT2D eigenvalue weighted by atomic mass is 10.2. The molecular formula is C13H18N4O. The Bertz CT molecular complexity index is 521. The van der Waals surface area contributed by atoms with Gasteiger partial charge in [0.1, 0.15) is 0 Å². The quantitative estimate of drug-likeness (QED) is 0.878. The van der Waals surface area contributed by atoms with Crippen LogP contribution in [0.15, 0.2) is 24.7 Å². The topological polar surface area (TPSA) is 52.0 Å². The first-order valence-corrected chi connectivity index (χ1v) is 6.03. The number of nitrogens with zero attached hydrogens (tertiary/aromatic N) is 3. The van der Waals surface area contributed by atoms with Crippen LogP contribution >= 0.6 is 0 Å². The van der Waals surface area contributed by atoms with Gasteiger partial charge in [0.05, 0.1) is 12.4 Å². The predicted octanol–water partition coefficient (Wildman–Crippen LogP) is 2.12. The normalized spacial score (nSPS) is 10.6. The molecule has 2 heterocycles. The van der Waals surface area contributed by atoms with E-state index in [0.717, 1.165) is 24.2 Å². The van der Waals surface area contributed by atoms with Gasteiger partial charge in [-0.1, -0.05) is 0 Å². The second-order valence-electron chi connectivity index (χ2n) is 4.13. The lowest BCUT2D eigenvalue weighted by Crippen LogP contribution is -2.06. The van der Waals surface area contributed by atoms with Gasteiger partial charge in [-0.05, 0) is 32.5 Å². The Kier molecular flexibility index (Phi) is 3.94. The van der Waals surface area contributed by atoms with Gasteiger partial charge in [0.25, 0.3) is 0 Å². The van der Waals surface area contributed by atoms with Crippen LogP contribution in [-0.2, 0) is 13.1 Å². The lowest BCUT2D eigenvalue weighted by Gasteiger charge is -2.07. The molecule has 0 fully saturated rings. The summed E-state index contributed by atoms with van der Waals surface area (Å²) >= 11 is 0. The predicted molar refractivity (Wildman–Crippen MR) is 69.7 cm³/mol. The second-order valence-corrected chi connectivity index (χ2v) is 4.13. The number of nitrogens with one attached hydrogen (secondary N) is 1. The van der Waals surface area contributed by atoms with Crippen molar-refractivity contribution >= 4 is 0 Å². The second kappa shape index (κ2) is 5.64. The van der Waals surface area contributed by atoms with E-state index in [-0.39, 0.29) is 0 Å². The molecule has 0 spiro atoms. The van der Waals surface area contributed by atoms with Crippen molar-refractivity contribution in [1.82, 2.24) is 20.1 Å². The van der Waals surface area contributed by atoms with Crippen LogP contribution < -0.4 is 10.1 Å². The first-order valence-electron chi connectivity index (χ1n) is 6.03. The van der Waals surface area contributed by atoms with Crippen LogP contribution in [0.1, 0.15) is 18.1 Å². The molecule has 96 valence electrons. The molecule has 5 heteroatoms. The summed E-state index contributed by atoms with van der Waals surface area (Å²) in [5.41, 5.74) is 2.17. The Labute approximate surface area is 107 Å². The Balaban J connectivity index is 2.13. The summed E-state index contributed by atoms with van der Waals surface area (Å²) < 4.78 is 7.53. The third-order valence-corrected chi connectivity index (χ3v) is 2.62. The fourth-order valence-electron chi connectivity index (χ4n) is 1.71. The van der Waals surface area contributed by atoms with Gasteiger partial charge in [-0.25, -0.2) is 4.98 Å². The third kappa shape index (κ3) is 2.87. The van der Waals surface area contributed by atoms with E-state index in [1.165, 1.54) is 0 Å². The van der Waals surface area contributed by atoms with Gasteiger partial charge < -0.3 is 10.1 Å². The summed E-state index contributed by atoms with van der Waals surface area (Å²) in [6.07, 6.45) is 5.39. The van der Waals surface area contributed by atoms with Crippen molar-refractivity contribution in [1.29, 1.82) is 0 Å². The van der Waals surface area contributed by atoms with Crippen LogP contribution in [0.25, 0.3) is 0 Å². The number of hydrogen-bond acceptors (Lipinski definition) is 4. The number of ether oxygens (including phenoxy) is 1. The van der Waals surface area contributed by atoms with E-state index < -0.39 is 0 Å². The van der Waals surface area contributed by atoms with Crippen molar-refractivity contribution in [3.05, 3.63) is 35.8 Å². The van der Waals surface area contributed by atoms with E-state index in [9.17, 15) is 0 Å². The van der Waals surface area contributed by atoms with Crippen LogP contribution in [0.3, 0.4) is 0 Å². The molecule has 0 aliphatic carbocycles. The molecule has 0 radical (unpaired) electrons. The average Bonchev–Trinajstić information content (AvgIpc) is 2.81. The molecule has 0 aromatic carbocycles. The molecule has 0 saturated carbocycles. The molecular weight excluding hydrogens is 228 g/mol. The molecule has 1 N–H and O–H groups in total. The summed E-state index contributed by atoms with van der Waals surface area (Å²) in [6.45, 7) is 5.66. The minimum Gasteiger partial charge on any atom is -0.435 e. The third-order valence-electron chi connectivity index (χ3n) is 2.62. The van der Waals surface area contributed by atoms with Crippen LogP contribution in [0.4, 0.5) is 0 Å². The highest BCUT2D eigenvalue weighted by molar-refractivity contribution is 5.32. The number of rotatable bonds is 5. The van der Waals surface area contributed by atoms with E-state index in [2.05, 4.69) is 21.5 Å². The first-order chi connectivity index (χ1) is 8.72. The maximum absolute atomic E-state index is 5.71. The zero-order chi connectivity index (χ0) is 13.0. The number of aryl methyl sites for hydroxylation is 2. The Hall–Kier alpha value is -1.88. The van der Waals surface area contributed by atoms with Crippen molar-refractivity contribution in [3.8, 4) is 11.6 Å². The van der Waals surface area contributed by atoms with Gasteiger partial charge in [0.2, 0.25) is 5.88 Å².